The van der Waals surface area contributed by atoms with Crippen LogP contribution < -0.4 is 15.4 Å². The number of likely N-dealkylation sites (N-methyl/N-ethyl adjacent to an activating group) is 1. The fourth-order valence-corrected chi connectivity index (χ4v) is 6.54. The van der Waals surface area contributed by atoms with Crippen LogP contribution in [0.3, 0.4) is 0 Å². The normalized spacial score (nSPS) is 16.5. The van der Waals surface area contributed by atoms with Crippen LogP contribution >= 0.6 is 11.6 Å². The van der Waals surface area contributed by atoms with Gasteiger partial charge in [0.2, 0.25) is 0 Å². The number of piperazine rings is 1. The first-order valence-corrected chi connectivity index (χ1v) is 16.4. The Balaban J connectivity index is 1.18. The lowest BCUT2D eigenvalue weighted by Crippen LogP contribution is -2.44. The fourth-order valence-electron chi connectivity index (χ4n) is 6.40. The van der Waals surface area contributed by atoms with Crippen molar-refractivity contribution in [2.75, 3.05) is 43.9 Å². The quantitative estimate of drug-likeness (QED) is 0.175. The Morgan fingerprint density at radius 3 is 2.50 bits per heavy atom. The summed E-state index contributed by atoms with van der Waals surface area (Å²) in [5.41, 5.74) is 1.08. The summed E-state index contributed by atoms with van der Waals surface area (Å²) in [4.78, 5) is 22.4. The Hall–Kier alpha value is -4.39. The molecule has 1 aliphatic carbocycles. The van der Waals surface area contributed by atoms with E-state index in [0.717, 1.165) is 55.6 Å². The highest BCUT2D eigenvalue weighted by Crippen LogP contribution is 2.36. The Morgan fingerprint density at radius 1 is 0.958 bits per heavy atom. The predicted molar refractivity (Wildman–Crippen MR) is 180 cm³/mol. The van der Waals surface area contributed by atoms with Gasteiger partial charge < -0.3 is 20.3 Å². The number of imidazole rings is 1. The number of nitrogens with zero attached hydrogens (tertiary/aromatic N) is 5. The topological polar surface area (TPSA) is 87.0 Å². The average Bonchev–Trinajstić information content (AvgIpc) is 3.72. The molecule has 0 bridgehead atoms. The van der Waals surface area contributed by atoms with Gasteiger partial charge in [-0.25, -0.2) is 4.98 Å². The van der Waals surface area contributed by atoms with Gasteiger partial charge in [0.1, 0.15) is 10.9 Å². The molecule has 2 aliphatic rings. The van der Waals surface area contributed by atoms with E-state index < -0.39 is 17.6 Å². The lowest BCUT2D eigenvalue weighted by Gasteiger charge is -2.33. The van der Waals surface area contributed by atoms with Crippen molar-refractivity contribution in [1.82, 2.24) is 24.4 Å². The first-order valence-electron chi connectivity index (χ1n) is 16.0. The van der Waals surface area contributed by atoms with Crippen LogP contribution in [0.25, 0.3) is 16.4 Å². The van der Waals surface area contributed by atoms with Crippen LogP contribution in [0.4, 0.5) is 30.4 Å². The van der Waals surface area contributed by atoms with Crippen LogP contribution in [0.5, 0.6) is 5.75 Å². The molecule has 0 atom stereocenters. The van der Waals surface area contributed by atoms with E-state index in [4.69, 9.17) is 16.3 Å². The molecule has 0 spiro atoms. The van der Waals surface area contributed by atoms with Crippen molar-refractivity contribution in [2.24, 2.45) is 0 Å². The summed E-state index contributed by atoms with van der Waals surface area (Å²) in [6.07, 6.45) is 0.874. The van der Waals surface area contributed by atoms with Gasteiger partial charge in [-0.1, -0.05) is 23.7 Å². The highest BCUT2D eigenvalue weighted by atomic mass is 35.5. The summed E-state index contributed by atoms with van der Waals surface area (Å²) >= 11 is 6.10. The molecule has 3 aromatic carbocycles. The van der Waals surface area contributed by atoms with Gasteiger partial charge in [0, 0.05) is 44.1 Å². The molecule has 250 valence electrons. The molecular formula is C35H35ClF3N7O2. The lowest BCUT2D eigenvalue weighted by molar-refractivity contribution is -0.138. The standard InChI is InChI=1S/C35H35ClF3N7O2/c1-44-12-14-45(15-13-44)21-23-7-9-26(19-29(23)35(37,38)39)42-34(47)28-17-24-16-25(41-33-20-40-32-11-10-31(36)43-46(32)33)8-6-22(24)18-30(28)48-27-4-2-3-5-27/h6-11,16-20,27,41H,2-5,12-15,21H2,1H3,(H,42,47). The Bertz CT molecular complexity index is 1970. The molecule has 48 heavy (non-hydrogen) atoms. The molecule has 2 aromatic heterocycles. The smallest absolute Gasteiger partial charge is 0.416 e. The van der Waals surface area contributed by atoms with E-state index >= 15 is 0 Å². The SMILES string of the molecule is CN1CCN(Cc2ccc(NC(=O)c3cc4cc(Nc5cnc6ccc(Cl)nn56)ccc4cc3OC3CCCC3)cc2C(F)(F)F)CC1. The molecule has 1 saturated heterocycles. The van der Waals surface area contributed by atoms with Gasteiger partial charge >= 0.3 is 6.18 Å². The molecule has 2 fully saturated rings. The van der Waals surface area contributed by atoms with Crippen LogP contribution in [0.15, 0.2) is 66.9 Å². The second kappa shape index (κ2) is 13.3. The summed E-state index contributed by atoms with van der Waals surface area (Å²) in [5.74, 6) is 0.447. The van der Waals surface area contributed by atoms with E-state index in [1.54, 1.807) is 28.9 Å². The first kappa shape index (κ1) is 32.2. The maximum atomic E-state index is 14.3. The summed E-state index contributed by atoms with van der Waals surface area (Å²) in [7, 11) is 2.00. The van der Waals surface area contributed by atoms with E-state index in [1.807, 2.05) is 36.2 Å². The molecule has 3 heterocycles. The zero-order chi connectivity index (χ0) is 33.4. The number of benzene rings is 3. The molecule has 1 amide bonds. The zero-order valence-electron chi connectivity index (χ0n) is 26.4. The van der Waals surface area contributed by atoms with Crippen molar-refractivity contribution in [3.8, 4) is 5.75 Å². The van der Waals surface area contributed by atoms with Crippen molar-refractivity contribution in [1.29, 1.82) is 0 Å². The number of ether oxygens (including phenoxy) is 1. The molecule has 1 aliphatic heterocycles. The van der Waals surface area contributed by atoms with Crippen LogP contribution in [0.1, 0.15) is 47.2 Å². The van der Waals surface area contributed by atoms with Crippen LogP contribution in [-0.4, -0.2) is 69.6 Å². The number of aromatic nitrogens is 3. The molecule has 0 radical (unpaired) electrons. The van der Waals surface area contributed by atoms with E-state index in [0.29, 0.717) is 41.1 Å². The number of carbonyl (C=O) groups is 1. The van der Waals surface area contributed by atoms with Crippen molar-refractivity contribution in [3.05, 3.63) is 88.7 Å². The van der Waals surface area contributed by atoms with Crippen molar-refractivity contribution in [3.63, 3.8) is 0 Å². The number of anilines is 3. The third-order valence-corrected chi connectivity index (χ3v) is 9.25. The van der Waals surface area contributed by atoms with Crippen molar-refractivity contribution >= 4 is 51.1 Å². The van der Waals surface area contributed by atoms with Crippen molar-refractivity contribution in [2.45, 2.75) is 44.5 Å². The average molecular weight is 678 g/mol. The van der Waals surface area contributed by atoms with Crippen LogP contribution in [0, 0.1) is 0 Å². The number of hydrogen-bond acceptors (Lipinski definition) is 7. The number of nitrogens with one attached hydrogen (secondary N) is 2. The van der Waals surface area contributed by atoms with E-state index in [2.05, 4.69) is 25.6 Å². The fraction of sp³-hybridized carbons (Fsp3) is 0.343. The molecule has 7 rings (SSSR count). The minimum atomic E-state index is -4.58. The molecule has 9 nitrogen and oxygen atoms in total. The molecular weight excluding hydrogens is 643 g/mol. The largest absolute Gasteiger partial charge is 0.490 e. The minimum absolute atomic E-state index is 0.0323. The number of fused-ring (bicyclic) bond motifs is 2. The molecule has 1 saturated carbocycles. The molecule has 13 heteroatoms. The Kier molecular flexibility index (Phi) is 8.88. The number of alkyl halides is 3. The number of hydrogen-bond donors (Lipinski definition) is 2. The zero-order valence-corrected chi connectivity index (χ0v) is 27.1. The van der Waals surface area contributed by atoms with Gasteiger partial charge in [-0.05, 0) is 97.6 Å². The molecule has 0 unspecified atom stereocenters. The van der Waals surface area contributed by atoms with Gasteiger partial charge in [0.25, 0.3) is 5.91 Å². The maximum Gasteiger partial charge on any atom is 0.416 e. The lowest BCUT2D eigenvalue weighted by atomic mass is 10.0. The van der Waals surface area contributed by atoms with E-state index in [9.17, 15) is 18.0 Å². The van der Waals surface area contributed by atoms with E-state index in [1.165, 1.54) is 12.1 Å². The number of rotatable bonds is 8. The second-order valence-electron chi connectivity index (χ2n) is 12.5. The van der Waals surface area contributed by atoms with Crippen molar-refractivity contribution < 1.29 is 22.7 Å². The third-order valence-electron chi connectivity index (χ3n) is 9.04. The van der Waals surface area contributed by atoms with E-state index in [-0.39, 0.29) is 29.5 Å². The summed E-state index contributed by atoms with van der Waals surface area (Å²) < 4.78 is 50.7. The maximum absolute atomic E-state index is 14.3. The van der Waals surface area contributed by atoms with Gasteiger partial charge in [-0.2, -0.15) is 22.8 Å². The molecule has 5 aromatic rings. The van der Waals surface area contributed by atoms with Crippen LogP contribution in [-0.2, 0) is 12.7 Å². The molecule has 2 N–H and O–H groups in total. The first-order chi connectivity index (χ1) is 23.1. The highest BCUT2D eigenvalue weighted by molar-refractivity contribution is 6.29. The second-order valence-corrected chi connectivity index (χ2v) is 12.9. The summed E-state index contributed by atoms with van der Waals surface area (Å²) in [5, 5.41) is 12.2. The number of halogens is 4. The third kappa shape index (κ3) is 7.06. The highest BCUT2D eigenvalue weighted by Gasteiger charge is 2.34. The van der Waals surface area contributed by atoms with Gasteiger partial charge in [-0.3, -0.25) is 9.69 Å². The number of amides is 1. The van der Waals surface area contributed by atoms with Gasteiger partial charge in [0.15, 0.2) is 11.5 Å². The predicted octanol–water partition coefficient (Wildman–Crippen LogP) is 7.62. The number of carbonyl (C=O) groups excluding carboxylic acids is 1. The van der Waals surface area contributed by atoms with Gasteiger partial charge in [-0.15, -0.1) is 0 Å². The summed E-state index contributed by atoms with van der Waals surface area (Å²) in [6, 6.07) is 16.7. The van der Waals surface area contributed by atoms with Gasteiger partial charge in [0.05, 0.1) is 23.4 Å². The minimum Gasteiger partial charge on any atom is -0.490 e. The Morgan fingerprint density at radius 2 is 1.73 bits per heavy atom. The Labute approximate surface area is 280 Å². The van der Waals surface area contributed by atoms with Crippen LogP contribution in [0.2, 0.25) is 5.15 Å². The summed E-state index contributed by atoms with van der Waals surface area (Å²) in [6.45, 7) is 3.18. The monoisotopic (exact) mass is 677 g/mol.